The average Bonchev–Trinajstić information content (AvgIpc) is 2.33. The molecule has 2 atom stereocenters. The van der Waals surface area contributed by atoms with Crippen molar-refractivity contribution >= 4 is 17.4 Å². The highest BCUT2D eigenvalue weighted by atomic mass is 32.2. The van der Waals surface area contributed by atoms with Crippen molar-refractivity contribution < 1.29 is 0 Å². The molecule has 1 aliphatic carbocycles. The second kappa shape index (κ2) is 5.81. The number of anilines is 1. The fourth-order valence-corrected chi connectivity index (χ4v) is 4.11. The Morgan fingerprint density at radius 1 is 1.35 bits per heavy atom. The Morgan fingerprint density at radius 3 is 2.88 bits per heavy atom. The van der Waals surface area contributed by atoms with Gasteiger partial charge in [0.25, 0.3) is 0 Å². The van der Waals surface area contributed by atoms with Gasteiger partial charge >= 0.3 is 0 Å². The summed E-state index contributed by atoms with van der Waals surface area (Å²) in [5.41, 5.74) is 8.00. The molecule has 1 saturated carbocycles. The summed E-state index contributed by atoms with van der Waals surface area (Å²) in [5, 5.41) is 0.816. The van der Waals surface area contributed by atoms with Gasteiger partial charge in [0, 0.05) is 15.8 Å². The highest BCUT2D eigenvalue weighted by molar-refractivity contribution is 8.00. The van der Waals surface area contributed by atoms with Crippen LogP contribution in [0, 0.1) is 12.8 Å². The maximum atomic E-state index is 5.79. The largest absolute Gasteiger partial charge is 0.399 e. The van der Waals surface area contributed by atoms with Crippen LogP contribution in [0.4, 0.5) is 5.69 Å². The molecule has 2 unspecified atom stereocenters. The first-order valence-corrected chi connectivity index (χ1v) is 7.59. The van der Waals surface area contributed by atoms with Crippen molar-refractivity contribution in [1.29, 1.82) is 0 Å². The third kappa shape index (κ3) is 3.41. The molecule has 2 rings (SSSR count). The normalized spacial score (nSPS) is 24.8. The van der Waals surface area contributed by atoms with Crippen molar-refractivity contribution in [2.24, 2.45) is 5.92 Å². The minimum atomic E-state index is 0.816. The number of nitrogen functional groups attached to an aromatic ring is 1. The highest BCUT2D eigenvalue weighted by Crippen LogP contribution is 2.38. The molecule has 0 bridgehead atoms. The molecular formula is C15H23NS. The van der Waals surface area contributed by atoms with Gasteiger partial charge in [0.1, 0.15) is 0 Å². The van der Waals surface area contributed by atoms with Crippen LogP contribution in [0.25, 0.3) is 0 Å². The lowest BCUT2D eigenvalue weighted by Gasteiger charge is -2.28. The van der Waals surface area contributed by atoms with Crippen LogP contribution in [0.1, 0.15) is 44.6 Å². The Hall–Kier alpha value is -0.630. The van der Waals surface area contributed by atoms with Gasteiger partial charge in [-0.3, -0.25) is 0 Å². The van der Waals surface area contributed by atoms with Crippen LogP contribution in [0.3, 0.4) is 0 Å². The first kappa shape index (κ1) is 12.8. The van der Waals surface area contributed by atoms with E-state index in [1.54, 1.807) is 0 Å². The SMILES string of the molecule is CCC1CCCC(Sc2ccc(N)cc2C)C1. The quantitative estimate of drug-likeness (QED) is 0.790. The number of benzene rings is 1. The van der Waals surface area contributed by atoms with Gasteiger partial charge in [0.15, 0.2) is 0 Å². The zero-order valence-electron chi connectivity index (χ0n) is 10.9. The summed E-state index contributed by atoms with van der Waals surface area (Å²) in [6.45, 7) is 4.49. The molecule has 2 N–H and O–H groups in total. The minimum Gasteiger partial charge on any atom is -0.399 e. The summed E-state index contributed by atoms with van der Waals surface area (Å²) in [6, 6.07) is 6.29. The van der Waals surface area contributed by atoms with Gasteiger partial charge in [-0.15, -0.1) is 11.8 Å². The lowest BCUT2D eigenvalue weighted by molar-refractivity contribution is 0.357. The van der Waals surface area contributed by atoms with Gasteiger partial charge in [-0.1, -0.05) is 26.2 Å². The summed E-state index contributed by atoms with van der Waals surface area (Å²) >= 11 is 2.06. The second-order valence-electron chi connectivity index (χ2n) is 5.21. The zero-order chi connectivity index (χ0) is 12.3. The third-order valence-electron chi connectivity index (χ3n) is 3.80. The third-order valence-corrected chi connectivity index (χ3v) is 5.28. The maximum Gasteiger partial charge on any atom is 0.0317 e. The van der Waals surface area contributed by atoms with Crippen LogP contribution in [0.5, 0.6) is 0 Å². The molecule has 0 aliphatic heterocycles. The Labute approximate surface area is 109 Å². The number of hydrogen-bond acceptors (Lipinski definition) is 2. The van der Waals surface area contributed by atoms with Gasteiger partial charge in [-0.2, -0.15) is 0 Å². The topological polar surface area (TPSA) is 26.0 Å². The molecule has 17 heavy (non-hydrogen) atoms. The van der Waals surface area contributed by atoms with E-state index >= 15 is 0 Å². The van der Waals surface area contributed by atoms with Crippen LogP contribution >= 0.6 is 11.8 Å². The number of nitrogens with two attached hydrogens (primary N) is 1. The predicted octanol–water partition coefficient (Wildman–Crippen LogP) is 4.64. The summed E-state index contributed by atoms with van der Waals surface area (Å²) in [5.74, 6) is 0.954. The summed E-state index contributed by atoms with van der Waals surface area (Å²) in [6.07, 6.45) is 6.96. The van der Waals surface area contributed by atoms with Gasteiger partial charge < -0.3 is 5.73 Å². The van der Waals surface area contributed by atoms with Gasteiger partial charge in [-0.05, 0) is 49.4 Å². The minimum absolute atomic E-state index is 0.816. The van der Waals surface area contributed by atoms with Crippen molar-refractivity contribution in [3.63, 3.8) is 0 Å². The van der Waals surface area contributed by atoms with Crippen LogP contribution < -0.4 is 5.73 Å². The lowest BCUT2D eigenvalue weighted by atomic mass is 9.87. The van der Waals surface area contributed by atoms with Crippen molar-refractivity contribution in [2.45, 2.75) is 56.1 Å². The van der Waals surface area contributed by atoms with E-state index in [0.717, 1.165) is 16.9 Å². The first-order chi connectivity index (χ1) is 8.19. The van der Waals surface area contributed by atoms with E-state index in [4.69, 9.17) is 5.73 Å². The molecule has 0 aromatic heterocycles. The second-order valence-corrected chi connectivity index (χ2v) is 6.55. The molecule has 1 aromatic rings. The van der Waals surface area contributed by atoms with Gasteiger partial charge in [0.2, 0.25) is 0 Å². The van der Waals surface area contributed by atoms with Crippen LogP contribution in [-0.4, -0.2) is 5.25 Å². The first-order valence-electron chi connectivity index (χ1n) is 6.71. The molecule has 94 valence electrons. The number of thioether (sulfide) groups is 1. The van der Waals surface area contributed by atoms with E-state index in [2.05, 4.69) is 37.7 Å². The molecule has 0 amide bonds. The number of aryl methyl sites for hydroxylation is 1. The van der Waals surface area contributed by atoms with Gasteiger partial charge in [-0.25, -0.2) is 0 Å². The lowest BCUT2D eigenvalue weighted by Crippen LogP contribution is -2.16. The van der Waals surface area contributed by atoms with E-state index in [1.165, 1.54) is 42.6 Å². The molecule has 2 heteroatoms. The molecule has 0 spiro atoms. The Kier molecular flexibility index (Phi) is 4.38. The van der Waals surface area contributed by atoms with E-state index < -0.39 is 0 Å². The average molecular weight is 249 g/mol. The van der Waals surface area contributed by atoms with Crippen molar-refractivity contribution in [3.8, 4) is 0 Å². The van der Waals surface area contributed by atoms with Gasteiger partial charge in [0.05, 0.1) is 0 Å². The van der Waals surface area contributed by atoms with Crippen LogP contribution in [0.15, 0.2) is 23.1 Å². The van der Waals surface area contributed by atoms with Crippen molar-refractivity contribution in [3.05, 3.63) is 23.8 Å². The molecule has 1 aromatic carbocycles. The predicted molar refractivity (Wildman–Crippen MR) is 77.5 cm³/mol. The standard InChI is InChI=1S/C15H23NS/c1-3-12-5-4-6-14(10-12)17-15-8-7-13(16)9-11(15)2/h7-9,12,14H,3-6,10,16H2,1-2H3. The van der Waals surface area contributed by atoms with E-state index in [-0.39, 0.29) is 0 Å². The zero-order valence-corrected chi connectivity index (χ0v) is 11.7. The molecule has 0 radical (unpaired) electrons. The molecule has 1 fully saturated rings. The Bertz CT molecular complexity index is 375. The number of hydrogen-bond donors (Lipinski definition) is 1. The maximum absolute atomic E-state index is 5.79. The highest BCUT2D eigenvalue weighted by Gasteiger charge is 2.21. The number of rotatable bonds is 3. The van der Waals surface area contributed by atoms with Crippen LogP contribution in [0.2, 0.25) is 0 Å². The molecule has 0 saturated heterocycles. The molecular weight excluding hydrogens is 226 g/mol. The van der Waals surface area contributed by atoms with E-state index in [1.807, 2.05) is 6.07 Å². The van der Waals surface area contributed by atoms with E-state index in [0.29, 0.717) is 0 Å². The Balaban J connectivity index is 2.00. The summed E-state index contributed by atoms with van der Waals surface area (Å²) in [7, 11) is 0. The summed E-state index contributed by atoms with van der Waals surface area (Å²) in [4.78, 5) is 1.42. The molecule has 1 nitrogen and oxygen atoms in total. The van der Waals surface area contributed by atoms with Crippen molar-refractivity contribution in [2.75, 3.05) is 5.73 Å². The fraction of sp³-hybridized carbons (Fsp3) is 0.600. The fourth-order valence-electron chi connectivity index (χ4n) is 2.70. The Morgan fingerprint density at radius 2 is 2.18 bits per heavy atom. The van der Waals surface area contributed by atoms with E-state index in [9.17, 15) is 0 Å². The summed E-state index contributed by atoms with van der Waals surface area (Å²) < 4.78 is 0. The monoisotopic (exact) mass is 249 g/mol. The molecule has 1 aliphatic rings. The van der Waals surface area contributed by atoms with Crippen LogP contribution in [-0.2, 0) is 0 Å². The molecule has 0 heterocycles. The van der Waals surface area contributed by atoms with Crippen molar-refractivity contribution in [1.82, 2.24) is 0 Å². The smallest absolute Gasteiger partial charge is 0.0317 e.